The van der Waals surface area contributed by atoms with E-state index in [1.54, 1.807) is 0 Å². The molecule has 0 fully saturated rings. The van der Waals surface area contributed by atoms with Gasteiger partial charge >= 0.3 is 0 Å². The standard InChI is InChI=1S/C40H30N4OS/c1-40(2)31-16-4-7-19-35(31)46-37-32(40)21-20-29-30-15-10-22-41-39(30)44(36(29)37)26-12-9-14-28(24-26)45-27-13-8-11-25(23-27)38-42-33-17-5-6-18-34(33)43(38)3/h4-24H,1-3H3. The Kier molecular flexibility index (Phi) is 5.93. The fourth-order valence-electron chi connectivity index (χ4n) is 7.00. The van der Waals surface area contributed by atoms with Crippen LogP contribution in [0.15, 0.2) is 137 Å². The van der Waals surface area contributed by atoms with E-state index in [2.05, 4.69) is 109 Å². The Morgan fingerprint density at radius 1 is 0.717 bits per heavy atom. The van der Waals surface area contributed by atoms with Gasteiger partial charge in [-0.3, -0.25) is 4.57 Å². The lowest BCUT2D eigenvalue weighted by Gasteiger charge is -2.35. The highest BCUT2D eigenvalue weighted by molar-refractivity contribution is 7.99. The van der Waals surface area contributed by atoms with Crippen LogP contribution in [0.3, 0.4) is 0 Å². The molecule has 1 aliphatic heterocycles. The largest absolute Gasteiger partial charge is 0.457 e. The Balaban J connectivity index is 1.17. The van der Waals surface area contributed by atoms with Gasteiger partial charge in [-0.05, 0) is 65.7 Å². The maximum absolute atomic E-state index is 6.53. The Hall–Kier alpha value is -5.33. The van der Waals surface area contributed by atoms with Crippen molar-refractivity contribution in [1.29, 1.82) is 0 Å². The van der Waals surface area contributed by atoms with Gasteiger partial charge in [0.2, 0.25) is 0 Å². The molecule has 0 bridgehead atoms. The SMILES string of the molecule is Cn1c(-c2cccc(Oc3cccc(-n4c5ncccc5c5ccc6c(c54)Sc4ccccc4C6(C)C)c3)c2)nc2ccccc21. The van der Waals surface area contributed by atoms with Crippen molar-refractivity contribution in [2.24, 2.45) is 7.05 Å². The lowest BCUT2D eigenvalue weighted by Crippen LogP contribution is -2.24. The number of pyridine rings is 1. The number of aromatic nitrogens is 4. The fourth-order valence-corrected chi connectivity index (χ4v) is 8.53. The van der Waals surface area contributed by atoms with Crippen molar-refractivity contribution in [3.63, 3.8) is 0 Å². The van der Waals surface area contributed by atoms with Crippen molar-refractivity contribution in [3.8, 4) is 28.6 Å². The molecule has 0 atom stereocenters. The summed E-state index contributed by atoms with van der Waals surface area (Å²) in [6.07, 6.45) is 1.88. The number of fused-ring (bicyclic) bond motifs is 7. The maximum atomic E-state index is 6.53. The summed E-state index contributed by atoms with van der Waals surface area (Å²) in [4.78, 5) is 12.4. The number of rotatable bonds is 4. The summed E-state index contributed by atoms with van der Waals surface area (Å²) in [6.45, 7) is 4.66. The van der Waals surface area contributed by atoms with Crippen molar-refractivity contribution in [2.75, 3.05) is 0 Å². The summed E-state index contributed by atoms with van der Waals surface area (Å²) in [5, 5.41) is 2.34. The second-order valence-electron chi connectivity index (χ2n) is 12.4. The van der Waals surface area contributed by atoms with E-state index in [9.17, 15) is 0 Å². The summed E-state index contributed by atoms with van der Waals surface area (Å²) in [6, 6.07) is 42.2. The first kappa shape index (κ1) is 27.0. The summed E-state index contributed by atoms with van der Waals surface area (Å²) < 4.78 is 11.0. The molecule has 0 N–H and O–H groups in total. The molecule has 3 aromatic heterocycles. The number of benzene rings is 5. The van der Waals surface area contributed by atoms with E-state index in [0.717, 1.165) is 50.6 Å². The summed E-state index contributed by atoms with van der Waals surface area (Å²) in [5.74, 6) is 2.42. The molecule has 5 aromatic carbocycles. The van der Waals surface area contributed by atoms with Gasteiger partial charge in [-0.1, -0.05) is 86.3 Å². The van der Waals surface area contributed by atoms with E-state index in [0.29, 0.717) is 0 Å². The van der Waals surface area contributed by atoms with Crippen LogP contribution < -0.4 is 4.74 Å². The molecule has 222 valence electrons. The number of ether oxygens (including phenoxy) is 1. The van der Waals surface area contributed by atoms with Crippen molar-refractivity contribution < 1.29 is 4.74 Å². The Morgan fingerprint density at radius 3 is 2.41 bits per heavy atom. The lowest BCUT2D eigenvalue weighted by atomic mass is 9.77. The zero-order chi connectivity index (χ0) is 31.0. The number of para-hydroxylation sites is 2. The molecule has 0 unspecified atom stereocenters. The van der Waals surface area contributed by atoms with Gasteiger partial charge in [0, 0.05) is 50.9 Å². The van der Waals surface area contributed by atoms with Crippen molar-refractivity contribution in [2.45, 2.75) is 29.1 Å². The van der Waals surface area contributed by atoms with Crippen LogP contribution in [0.5, 0.6) is 11.5 Å². The van der Waals surface area contributed by atoms with E-state index in [-0.39, 0.29) is 5.41 Å². The van der Waals surface area contributed by atoms with Crippen LogP contribution in [0.2, 0.25) is 0 Å². The second-order valence-corrected chi connectivity index (χ2v) is 13.4. The number of hydrogen-bond acceptors (Lipinski definition) is 4. The normalized spacial score (nSPS) is 13.6. The number of nitrogens with zero attached hydrogens (tertiary/aromatic N) is 4. The average Bonchev–Trinajstić information content (AvgIpc) is 3.60. The number of imidazole rings is 1. The zero-order valence-corrected chi connectivity index (χ0v) is 26.5. The first-order chi connectivity index (χ1) is 22.5. The lowest BCUT2D eigenvalue weighted by molar-refractivity contribution is 0.482. The van der Waals surface area contributed by atoms with Gasteiger partial charge in [-0.15, -0.1) is 0 Å². The van der Waals surface area contributed by atoms with Crippen LogP contribution in [-0.2, 0) is 12.5 Å². The van der Waals surface area contributed by atoms with Gasteiger partial charge in [0.1, 0.15) is 23.0 Å². The van der Waals surface area contributed by atoms with E-state index in [4.69, 9.17) is 14.7 Å². The number of hydrogen-bond donors (Lipinski definition) is 0. The summed E-state index contributed by atoms with van der Waals surface area (Å²) >= 11 is 1.86. The molecular weight excluding hydrogens is 585 g/mol. The Bertz CT molecular complexity index is 2490. The van der Waals surface area contributed by atoms with Gasteiger partial charge in [0.15, 0.2) is 0 Å². The highest BCUT2D eigenvalue weighted by Crippen LogP contribution is 2.52. The smallest absolute Gasteiger partial charge is 0.145 e. The third kappa shape index (κ3) is 4.03. The van der Waals surface area contributed by atoms with Crippen LogP contribution >= 0.6 is 11.8 Å². The predicted octanol–water partition coefficient (Wildman–Crippen LogP) is 10.3. The third-order valence-corrected chi connectivity index (χ3v) is 10.5. The first-order valence-electron chi connectivity index (χ1n) is 15.5. The molecule has 0 saturated carbocycles. The molecular formula is C40H30N4OS. The first-order valence-corrected chi connectivity index (χ1v) is 16.3. The average molecular weight is 615 g/mol. The van der Waals surface area contributed by atoms with Crippen LogP contribution in [0, 0.1) is 0 Å². The third-order valence-electron chi connectivity index (χ3n) is 9.28. The molecule has 0 spiro atoms. The molecule has 0 saturated heterocycles. The molecule has 9 rings (SSSR count). The minimum absolute atomic E-state index is 0.130. The van der Waals surface area contributed by atoms with Gasteiger partial charge in [0.25, 0.3) is 0 Å². The molecule has 0 aliphatic carbocycles. The fraction of sp³-hybridized carbons (Fsp3) is 0.100. The van der Waals surface area contributed by atoms with E-state index in [1.807, 2.05) is 60.4 Å². The van der Waals surface area contributed by atoms with Crippen LogP contribution in [0.1, 0.15) is 25.0 Å². The Labute approximate surface area is 271 Å². The van der Waals surface area contributed by atoms with Crippen molar-refractivity contribution in [3.05, 3.63) is 139 Å². The summed E-state index contributed by atoms with van der Waals surface area (Å²) in [5.41, 5.74) is 8.77. The van der Waals surface area contributed by atoms with Gasteiger partial charge in [0.05, 0.1) is 22.2 Å². The van der Waals surface area contributed by atoms with Gasteiger partial charge < -0.3 is 9.30 Å². The predicted molar refractivity (Wildman–Crippen MR) is 187 cm³/mol. The van der Waals surface area contributed by atoms with Crippen molar-refractivity contribution in [1.82, 2.24) is 19.1 Å². The number of aryl methyl sites for hydroxylation is 1. The molecule has 0 radical (unpaired) electrons. The molecule has 6 heteroatoms. The molecule has 8 aromatic rings. The zero-order valence-electron chi connectivity index (χ0n) is 25.7. The van der Waals surface area contributed by atoms with Crippen LogP contribution in [0.4, 0.5) is 0 Å². The monoisotopic (exact) mass is 614 g/mol. The van der Waals surface area contributed by atoms with E-state index < -0.39 is 0 Å². The molecule has 46 heavy (non-hydrogen) atoms. The minimum atomic E-state index is -0.130. The second kappa shape index (κ2) is 10.1. The van der Waals surface area contributed by atoms with Gasteiger partial charge in [-0.25, -0.2) is 9.97 Å². The van der Waals surface area contributed by atoms with Crippen LogP contribution in [0.25, 0.3) is 50.0 Å². The molecule has 0 amide bonds. The van der Waals surface area contributed by atoms with E-state index in [1.165, 1.54) is 31.8 Å². The van der Waals surface area contributed by atoms with Gasteiger partial charge in [-0.2, -0.15) is 0 Å². The maximum Gasteiger partial charge on any atom is 0.145 e. The Morgan fingerprint density at radius 2 is 1.52 bits per heavy atom. The quantitative estimate of drug-likeness (QED) is 0.198. The molecule has 4 heterocycles. The topological polar surface area (TPSA) is 44.9 Å². The van der Waals surface area contributed by atoms with Crippen molar-refractivity contribution >= 4 is 44.7 Å². The molecule has 1 aliphatic rings. The van der Waals surface area contributed by atoms with Crippen LogP contribution in [-0.4, -0.2) is 19.1 Å². The molecule has 5 nitrogen and oxygen atoms in total. The highest BCUT2D eigenvalue weighted by atomic mass is 32.2. The van der Waals surface area contributed by atoms with E-state index >= 15 is 0 Å². The highest BCUT2D eigenvalue weighted by Gasteiger charge is 2.35. The minimum Gasteiger partial charge on any atom is -0.457 e. The summed E-state index contributed by atoms with van der Waals surface area (Å²) in [7, 11) is 2.05.